The molecule has 0 aliphatic heterocycles. The van der Waals surface area contributed by atoms with E-state index in [-0.39, 0.29) is 22.4 Å². The van der Waals surface area contributed by atoms with Crippen LogP contribution in [0.4, 0.5) is 0 Å². The van der Waals surface area contributed by atoms with Gasteiger partial charge in [-0.25, -0.2) is 0 Å². The maximum Gasteiger partial charge on any atom is 0.323 e. The molecule has 8 heteroatoms. The fourth-order valence-electron chi connectivity index (χ4n) is 7.05. The van der Waals surface area contributed by atoms with Gasteiger partial charge in [0.05, 0.1) is 0 Å². The summed E-state index contributed by atoms with van der Waals surface area (Å²) in [5, 5.41) is 3.04. The monoisotopic (exact) mass is 795 g/mol. The first-order valence-electron chi connectivity index (χ1n) is 20.6. The molecule has 58 heavy (non-hydrogen) atoms. The van der Waals surface area contributed by atoms with E-state index in [9.17, 15) is 19.2 Å². The molecule has 2 aliphatic carbocycles. The molecule has 4 atom stereocenters. The Morgan fingerprint density at radius 3 is 1.47 bits per heavy atom. The van der Waals surface area contributed by atoms with Gasteiger partial charge in [-0.05, 0) is 94.6 Å². The summed E-state index contributed by atoms with van der Waals surface area (Å²) in [7, 11) is 0. The van der Waals surface area contributed by atoms with E-state index >= 15 is 0 Å². The van der Waals surface area contributed by atoms with E-state index in [4.69, 9.17) is 15.2 Å². The zero-order valence-corrected chi connectivity index (χ0v) is 37.5. The van der Waals surface area contributed by atoms with Crippen LogP contribution < -0.4 is 11.1 Å². The van der Waals surface area contributed by atoms with Crippen molar-refractivity contribution >= 4 is 23.5 Å². The Kier molecular flexibility index (Phi) is 19.7. The molecule has 0 bridgehead atoms. The molecule has 0 spiro atoms. The minimum atomic E-state index is -0.811. The predicted molar refractivity (Wildman–Crippen MR) is 239 cm³/mol. The molecule has 2 rings (SSSR count). The first kappa shape index (κ1) is 49.5. The van der Waals surface area contributed by atoms with Gasteiger partial charge in [-0.2, -0.15) is 0 Å². The van der Waals surface area contributed by atoms with E-state index in [2.05, 4.69) is 33.0 Å². The van der Waals surface area contributed by atoms with Crippen LogP contribution in [0, 0.1) is 10.8 Å². The van der Waals surface area contributed by atoms with Gasteiger partial charge >= 0.3 is 11.9 Å². The lowest BCUT2D eigenvalue weighted by Gasteiger charge is -2.36. The van der Waals surface area contributed by atoms with Gasteiger partial charge in [0.1, 0.15) is 12.1 Å². The molecule has 0 saturated heterocycles. The molecule has 0 amide bonds. The Morgan fingerprint density at radius 1 is 0.690 bits per heavy atom. The van der Waals surface area contributed by atoms with Crippen molar-refractivity contribution in [2.45, 2.75) is 140 Å². The molecular weight excluding hydrogens is 725 g/mol. The molecule has 4 unspecified atom stereocenters. The SMILES string of the molecule is CCCC(N)C(=O)OC1CC(C)(C)C(/C=C/C(C)=C/C=C/C(C)=C/C=C/C=C(C)/C=C/C=C(C)/C=C/C2=C(C)C(=O)C(OC(=O)C(C)NCC)CC2(C)C)=C(C)C1=O. The highest BCUT2D eigenvalue weighted by Gasteiger charge is 2.41. The number of hydrogen-bond donors (Lipinski definition) is 2. The molecule has 8 nitrogen and oxygen atoms in total. The molecular formula is C50H70N2O6. The van der Waals surface area contributed by atoms with Crippen LogP contribution >= 0.6 is 0 Å². The zero-order chi connectivity index (χ0) is 43.8. The number of esters is 2. The smallest absolute Gasteiger partial charge is 0.323 e. The van der Waals surface area contributed by atoms with Gasteiger partial charge in [-0.1, -0.05) is 155 Å². The van der Waals surface area contributed by atoms with Gasteiger partial charge in [-0.3, -0.25) is 19.2 Å². The summed E-state index contributed by atoms with van der Waals surface area (Å²) in [6.45, 7) is 26.3. The van der Waals surface area contributed by atoms with Crippen molar-refractivity contribution < 1.29 is 28.7 Å². The van der Waals surface area contributed by atoms with Gasteiger partial charge in [0.25, 0.3) is 0 Å². The van der Waals surface area contributed by atoms with Crippen LogP contribution in [0.25, 0.3) is 0 Å². The summed E-state index contributed by atoms with van der Waals surface area (Å²) >= 11 is 0. The minimum absolute atomic E-state index is 0.137. The second-order valence-electron chi connectivity index (χ2n) is 16.9. The van der Waals surface area contributed by atoms with E-state index in [0.717, 1.165) is 39.9 Å². The molecule has 316 valence electrons. The third-order valence-electron chi connectivity index (χ3n) is 10.6. The topological polar surface area (TPSA) is 125 Å². The van der Waals surface area contributed by atoms with Crippen molar-refractivity contribution in [3.8, 4) is 0 Å². The number of carbonyl (C=O) groups excluding carboxylic acids is 4. The van der Waals surface area contributed by atoms with E-state index in [1.807, 2.05) is 134 Å². The number of ether oxygens (including phenoxy) is 2. The summed E-state index contributed by atoms with van der Waals surface area (Å²) in [6, 6.07) is -1.17. The Hall–Kier alpha value is -4.66. The van der Waals surface area contributed by atoms with Crippen molar-refractivity contribution in [1.82, 2.24) is 5.32 Å². The lowest BCUT2D eigenvalue weighted by molar-refractivity contribution is -0.157. The Morgan fingerprint density at radius 2 is 1.07 bits per heavy atom. The number of likely N-dealkylation sites (N-methyl/N-ethyl adjacent to an activating group) is 1. The Labute approximate surface area is 349 Å². The first-order chi connectivity index (χ1) is 27.1. The summed E-state index contributed by atoms with van der Waals surface area (Å²) in [6.07, 6.45) is 28.9. The first-order valence-corrected chi connectivity index (χ1v) is 20.6. The molecule has 0 aromatic heterocycles. The van der Waals surface area contributed by atoms with Gasteiger partial charge in [0.2, 0.25) is 0 Å². The van der Waals surface area contributed by atoms with E-state index in [1.165, 1.54) is 0 Å². The molecule has 0 aromatic carbocycles. The molecule has 0 radical (unpaired) electrons. The van der Waals surface area contributed by atoms with Crippen molar-refractivity contribution in [3.05, 3.63) is 130 Å². The van der Waals surface area contributed by atoms with Gasteiger partial charge in [-0.15, -0.1) is 0 Å². The average molecular weight is 795 g/mol. The lowest BCUT2D eigenvalue weighted by Crippen LogP contribution is -2.43. The van der Waals surface area contributed by atoms with Gasteiger partial charge in [0, 0.05) is 12.8 Å². The highest BCUT2D eigenvalue weighted by Crippen LogP contribution is 2.42. The molecule has 2 aliphatic rings. The quantitative estimate of drug-likeness (QED) is 0.104. The summed E-state index contributed by atoms with van der Waals surface area (Å²) in [4.78, 5) is 51.1. The van der Waals surface area contributed by atoms with Gasteiger partial charge < -0.3 is 20.5 Å². The number of nitrogens with one attached hydrogen (secondary N) is 1. The summed E-state index contributed by atoms with van der Waals surface area (Å²) in [5.41, 5.74) is 12.7. The Bertz CT molecular complexity index is 1730. The van der Waals surface area contributed by atoms with Crippen LogP contribution in [0.2, 0.25) is 0 Å². The molecule has 0 heterocycles. The summed E-state index contributed by atoms with van der Waals surface area (Å²) in [5.74, 6) is -1.22. The number of ketones is 2. The van der Waals surface area contributed by atoms with Crippen LogP contribution in [0.15, 0.2) is 130 Å². The number of hydrogen-bond acceptors (Lipinski definition) is 8. The Balaban J connectivity index is 1.99. The highest BCUT2D eigenvalue weighted by atomic mass is 16.6. The zero-order valence-electron chi connectivity index (χ0n) is 37.5. The van der Waals surface area contributed by atoms with Crippen LogP contribution in [0.5, 0.6) is 0 Å². The summed E-state index contributed by atoms with van der Waals surface area (Å²) < 4.78 is 11.2. The van der Waals surface area contributed by atoms with Crippen molar-refractivity contribution in [1.29, 1.82) is 0 Å². The normalized spacial score (nSPS) is 22.4. The molecule has 0 saturated carbocycles. The maximum absolute atomic E-state index is 13.1. The lowest BCUT2D eigenvalue weighted by atomic mass is 9.71. The minimum Gasteiger partial charge on any atom is -0.453 e. The molecule has 0 aromatic rings. The third-order valence-corrected chi connectivity index (χ3v) is 10.6. The van der Waals surface area contributed by atoms with E-state index < -0.39 is 36.2 Å². The van der Waals surface area contributed by atoms with Crippen molar-refractivity contribution in [2.75, 3.05) is 6.54 Å². The van der Waals surface area contributed by atoms with Crippen LogP contribution in [-0.4, -0.2) is 54.3 Å². The molecule has 3 N–H and O–H groups in total. The van der Waals surface area contributed by atoms with Gasteiger partial charge in [0.15, 0.2) is 23.8 Å². The van der Waals surface area contributed by atoms with Crippen molar-refractivity contribution in [2.24, 2.45) is 16.6 Å². The number of carbonyl (C=O) groups is 4. The fraction of sp³-hybridized carbons (Fsp3) is 0.480. The van der Waals surface area contributed by atoms with E-state index in [0.29, 0.717) is 37.0 Å². The highest BCUT2D eigenvalue weighted by molar-refractivity contribution is 6.02. The largest absolute Gasteiger partial charge is 0.453 e. The second-order valence-corrected chi connectivity index (χ2v) is 16.9. The second kappa shape index (κ2) is 23.1. The van der Waals surface area contributed by atoms with Crippen LogP contribution in [0.1, 0.15) is 116 Å². The maximum atomic E-state index is 13.1. The number of nitrogens with two attached hydrogens (primary N) is 1. The standard InChI is InChI=1S/C50H70N2O6/c1-14-20-42(51)48(56)58-44-32-50(12,13)41(38(8)46(44)54)30-28-36(6)26-19-24-34(4)22-17-16-21-33(3)23-18-25-35(5)27-29-40-37(7)45(53)43(31-49(40,10)11)57-47(55)39(9)52-15-2/h16-19,21-30,39,42-44,52H,14-15,20,31-32,51H2,1-13H3/b17-16+,23-18+,24-19+,29-27+,30-28+,33-21+,34-22+,35-25+,36-26+. The number of Topliss-reactive ketones (excluding diaryl/α,β-unsaturated/α-hetero) is 2. The predicted octanol–water partition coefficient (Wildman–Crippen LogP) is 10.1. The fourth-order valence-corrected chi connectivity index (χ4v) is 7.05. The third kappa shape index (κ3) is 15.3. The average Bonchev–Trinajstić information content (AvgIpc) is 3.14. The molecule has 0 fully saturated rings. The van der Waals surface area contributed by atoms with Crippen LogP contribution in [-0.2, 0) is 28.7 Å². The number of allylic oxidation sites excluding steroid dienone is 20. The number of rotatable bonds is 18. The van der Waals surface area contributed by atoms with E-state index in [1.54, 1.807) is 13.8 Å². The van der Waals surface area contributed by atoms with Crippen LogP contribution in [0.3, 0.4) is 0 Å². The van der Waals surface area contributed by atoms with Crippen molar-refractivity contribution in [3.63, 3.8) is 0 Å².